The number of hydrogen-bond donors (Lipinski definition) is 0. The monoisotopic (exact) mass is 206 g/mol. The van der Waals surface area contributed by atoms with Gasteiger partial charge in [0.1, 0.15) is 5.78 Å². The standard InChI is InChI=1S/C12H16O.C2H6/c1-3-5-7-10(4-2)11-8-6-9-12(11)13;1-2/h3-5,7,11H,1,6,8-9H2,2H3;1-2H3/b7-5-,10-4+;. The molecule has 0 spiro atoms. The molecule has 15 heavy (non-hydrogen) atoms. The van der Waals surface area contributed by atoms with Gasteiger partial charge in [0.05, 0.1) is 0 Å². The van der Waals surface area contributed by atoms with Crippen LogP contribution in [-0.2, 0) is 4.79 Å². The van der Waals surface area contributed by atoms with Crippen LogP contribution in [0.3, 0.4) is 0 Å². The van der Waals surface area contributed by atoms with Crippen LogP contribution in [0.15, 0.2) is 36.5 Å². The molecule has 1 aliphatic rings. The van der Waals surface area contributed by atoms with Crippen molar-refractivity contribution < 1.29 is 4.79 Å². The predicted octanol–water partition coefficient (Wildman–Crippen LogP) is 4.07. The van der Waals surface area contributed by atoms with Gasteiger partial charge in [-0.2, -0.15) is 0 Å². The Morgan fingerprint density at radius 3 is 2.53 bits per heavy atom. The van der Waals surface area contributed by atoms with Crippen LogP contribution in [0.2, 0.25) is 0 Å². The van der Waals surface area contributed by atoms with Gasteiger partial charge in [0.15, 0.2) is 0 Å². The first-order valence-electron chi connectivity index (χ1n) is 5.77. The number of Topliss-reactive ketones (excluding diaryl/α,β-unsaturated/α-hetero) is 1. The highest BCUT2D eigenvalue weighted by Crippen LogP contribution is 2.28. The second kappa shape index (κ2) is 8.22. The lowest BCUT2D eigenvalue weighted by Gasteiger charge is -2.07. The van der Waals surface area contributed by atoms with Crippen molar-refractivity contribution in [2.24, 2.45) is 5.92 Å². The van der Waals surface area contributed by atoms with E-state index in [4.69, 9.17) is 0 Å². The van der Waals surface area contributed by atoms with Gasteiger partial charge in [-0.1, -0.05) is 44.7 Å². The molecule has 0 aromatic heterocycles. The number of hydrogen-bond acceptors (Lipinski definition) is 1. The molecule has 0 aliphatic heterocycles. The fourth-order valence-electron chi connectivity index (χ4n) is 1.76. The molecule has 0 aromatic carbocycles. The number of carbonyl (C=O) groups excluding carboxylic acids is 1. The maximum atomic E-state index is 11.4. The smallest absolute Gasteiger partial charge is 0.140 e. The van der Waals surface area contributed by atoms with Crippen LogP contribution in [0.4, 0.5) is 0 Å². The van der Waals surface area contributed by atoms with E-state index >= 15 is 0 Å². The fraction of sp³-hybridized carbons (Fsp3) is 0.500. The lowest BCUT2D eigenvalue weighted by atomic mass is 9.96. The molecule has 0 amide bonds. The van der Waals surface area contributed by atoms with E-state index in [2.05, 4.69) is 6.58 Å². The third-order valence-corrected chi connectivity index (χ3v) is 2.47. The Balaban J connectivity index is 0.000000921. The molecule has 1 atom stereocenters. The van der Waals surface area contributed by atoms with Crippen molar-refractivity contribution in [1.29, 1.82) is 0 Å². The van der Waals surface area contributed by atoms with Crippen LogP contribution < -0.4 is 0 Å². The molecule has 0 aromatic rings. The summed E-state index contributed by atoms with van der Waals surface area (Å²) in [6.45, 7) is 9.59. The van der Waals surface area contributed by atoms with Crippen LogP contribution >= 0.6 is 0 Å². The minimum absolute atomic E-state index is 0.154. The maximum absolute atomic E-state index is 11.4. The van der Waals surface area contributed by atoms with Crippen LogP contribution in [0, 0.1) is 5.92 Å². The Hall–Kier alpha value is -1.11. The van der Waals surface area contributed by atoms with Crippen molar-refractivity contribution in [1.82, 2.24) is 0 Å². The number of allylic oxidation sites excluding steroid dienone is 5. The van der Waals surface area contributed by atoms with Crippen LogP contribution in [-0.4, -0.2) is 5.78 Å². The van der Waals surface area contributed by atoms with Crippen molar-refractivity contribution in [2.45, 2.75) is 40.0 Å². The first-order chi connectivity index (χ1) is 7.29. The average Bonchev–Trinajstić information content (AvgIpc) is 2.69. The lowest BCUT2D eigenvalue weighted by Crippen LogP contribution is -2.07. The molecule has 1 heteroatoms. The zero-order valence-electron chi connectivity index (χ0n) is 10.1. The molecular weight excluding hydrogens is 184 g/mol. The highest BCUT2D eigenvalue weighted by atomic mass is 16.1. The van der Waals surface area contributed by atoms with E-state index < -0.39 is 0 Å². The Labute approximate surface area is 93.6 Å². The van der Waals surface area contributed by atoms with E-state index in [0.29, 0.717) is 5.78 Å². The highest BCUT2D eigenvalue weighted by molar-refractivity contribution is 5.86. The van der Waals surface area contributed by atoms with E-state index in [1.165, 1.54) is 0 Å². The molecule has 1 saturated carbocycles. The Bertz CT molecular complexity index is 259. The van der Waals surface area contributed by atoms with Gasteiger partial charge < -0.3 is 0 Å². The van der Waals surface area contributed by atoms with Gasteiger partial charge in [-0.15, -0.1) is 0 Å². The first kappa shape index (κ1) is 13.9. The highest BCUT2D eigenvalue weighted by Gasteiger charge is 2.25. The predicted molar refractivity (Wildman–Crippen MR) is 66.8 cm³/mol. The summed E-state index contributed by atoms with van der Waals surface area (Å²) in [4.78, 5) is 11.4. The number of carbonyl (C=O) groups is 1. The molecule has 0 heterocycles. The van der Waals surface area contributed by atoms with Gasteiger partial charge in [-0.3, -0.25) is 4.79 Å². The van der Waals surface area contributed by atoms with E-state index in [0.717, 1.165) is 24.8 Å². The minimum Gasteiger partial charge on any atom is -0.299 e. The molecule has 0 N–H and O–H groups in total. The van der Waals surface area contributed by atoms with Gasteiger partial charge in [-0.25, -0.2) is 0 Å². The summed E-state index contributed by atoms with van der Waals surface area (Å²) in [5.41, 5.74) is 1.14. The van der Waals surface area contributed by atoms with Gasteiger partial charge >= 0.3 is 0 Å². The molecule has 0 radical (unpaired) electrons. The molecule has 0 saturated heterocycles. The third kappa shape index (κ3) is 4.28. The summed E-state index contributed by atoms with van der Waals surface area (Å²) in [7, 11) is 0. The molecule has 1 rings (SSSR count). The lowest BCUT2D eigenvalue weighted by molar-refractivity contribution is -0.119. The molecule has 1 aliphatic carbocycles. The summed E-state index contributed by atoms with van der Waals surface area (Å²) >= 11 is 0. The zero-order chi connectivity index (χ0) is 11.7. The topological polar surface area (TPSA) is 17.1 Å². The van der Waals surface area contributed by atoms with Crippen molar-refractivity contribution in [3.05, 3.63) is 36.5 Å². The molecule has 84 valence electrons. The van der Waals surface area contributed by atoms with Crippen LogP contribution in [0.1, 0.15) is 40.0 Å². The minimum atomic E-state index is 0.154. The number of rotatable bonds is 3. The van der Waals surface area contributed by atoms with Crippen LogP contribution in [0.5, 0.6) is 0 Å². The van der Waals surface area contributed by atoms with Gasteiger partial charge in [0.25, 0.3) is 0 Å². The summed E-state index contributed by atoms with van der Waals surface area (Å²) in [5, 5.41) is 0. The van der Waals surface area contributed by atoms with E-state index in [1.807, 2.05) is 39.0 Å². The van der Waals surface area contributed by atoms with Crippen molar-refractivity contribution in [3.8, 4) is 0 Å². The third-order valence-electron chi connectivity index (χ3n) is 2.47. The summed E-state index contributed by atoms with van der Waals surface area (Å²) < 4.78 is 0. The number of ketones is 1. The van der Waals surface area contributed by atoms with E-state index in [1.54, 1.807) is 6.08 Å². The maximum Gasteiger partial charge on any atom is 0.140 e. The quantitative estimate of drug-likeness (QED) is 0.636. The van der Waals surface area contributed by atoms with Crippen molar-refractivity contribution >= 4 is 5.78 Å². The molecule has 0 bridgehead atoms. The van der Waals surface area contributed by atoms with Gasteiger partial charge in [0, 0.05) is 12.3 Å². The normalized spacial score (nSPS) is 21.4. The van der Waals surface area contributed by atoms with E-state index in [-0.39, 0.29) is 5.92 Å². The van der Waals surface area contributed by atoms with E-state index in [9.17, 15) is 4.79 Å². The Morgan fingerprint density at radius 2 is 2.13 bits per heavy atom. The molecular formula is C14H22O. The SMILES string of the molecule is C=C/C=C\C(=C/C)C1CCCC1=O.CC. The van der Waals surface area contributed by atoms with Crippen molar-refractivity contribution in [2.75, 3.05) is 0 Å². The second-order valence-electron chi connectivity index (χ2n) is 3.29. The average molecular weight is 206 g/mol. The fourth-order valence-corrected chi connectivity index (χ4v) is 1.76. The Morgan fingerprint density at radius 1 is 1.47 bits per heavy atom. The van der Waals surface area contributed by atoms with Gasteiger partial charge in [0.2, 0.25) is 0 Å². The second-order valence-corrected chi connectivity index (χ2v) is 3.29. The summed E-state index contributed by atoms with van der Waals surface area (Å²) in [6.07, 6.45) is 10.4. The van der Waals surface area contributed by atoms with Crippen LogP contribution in [0.25, 0.3) is 0 Å². The zero-order valence-corrected chi connectivity index (χ0v) is 10.1. The first-order valence-corrected chi connectivity index (χ1v) is 5.77. The Kier molecular flexibility index (Phi) is 7.61. The molecule has 1 nitrogen and oxygen atoms in total. The summed E-state index contributed by atoms with van der Waals surface area (Å²) in [6, 6.07) is 0. The largest absolute Gasteiger partial charge is 0.299 e. The van der Waals surface area contributed by atoms with Gasteiger partial charge in [-0.05, 0) is 25.3 Å². The summed E-state index contributed by atoms with van der Waals surface area (Å²) in [5.74, 6) is 0.544. The van der Waals surface area contributed by atoms with Crippen molar-refractivity contribution in [3.63, 3.8) is 0 Å². The molecule has 1 fully saturated rings. The molecule has 1 unspecified atom stereocenters.